The zero-order chi connectivity index (χ0) is 46.7. The molecule has 9 aromatic rings. The molecular formula is C60H56N3OPt-. The molecule has 0 aliphatic rings. The summed E-state index contributed by atoms with van der Waals surface area (Å²) < 4.78 is 20.2. The largest absolute Gasteiger partial charge is 0.507 e. The van der Waals surface area contributed by atoms with Crippen molar-refractivity contribution in [2.75, 3.05) is 0 Å². The van der Waals surface area contributed by atoms with E-state index in [0.717, 1.165) is 94.7 Å². The number of phenolic OH excluding ortho intramolecular Hbond substituents is 1. The molecular weight excluding hydrogens is 974 g/mol. The number of hydrogen-bond acceptors (Lipinski definition) is 3. The Hall–Kier alpha value is -6.35. The molecule has 0 bridgehead atoms. The summed E-state index contributed by atoms with van der Waals surface area (Å²) in [4.78, 5) is 10.4. The third kappa shape index (κ3) is 8.90. The third-order valence-corrected chi connectivity index (χ3v) is 12.3. The molecule has 0 aliphatic heterocycles. The summed E-state index contributed by atoms with van der Waals surface area (Å²) in [6.45, 7) is 18.4. The molecule has 2 heterocycles. The fourth-order valence-corrected chi connectivity index (χ4v) is 8.98. The Kier molecular flexibility index (Phi) is 12.0. The van der Waals surface area contributed by atoms with Gasteiger partial charge in [0.2, 0.25) is 0 Å². The van der Waals surface area contributed by atoms with E-state index in [1.165, 1.54) is 5.56 Å². The van der Waals surface area contributed by atoms with Gasteiger partial charge in [-0.05, 0) is 117 Å². The number of imidazole rings is 1. The number of fused-ring (bicyclic) bond motifs is 1. The molecule has 0 spiro atoms. The van der Waals surface area contributed by atoms with Gasteiger partial charge in [0, 0.05) is 41.4 Å². The van der Waals surface area contributed by atoms with Crippen LogP contribution in [0, 0.1) is 19.9 Å². The van der Waals surface area contributed by atoms with Crippen molar-refractivity contribution in [2.24, 2.45) is 0 Å². The van der Waals surface area contributed by atoms with Gasteiger partial charge in [0.25, 0.3) is 0 Å². The second kappa shape index (κ2) is 18.3. The summed E-state index contributed by atoms with van der Waals surface area (Å²) in [6, 6.07) is 56.0. The summed E-state index contributed by atoms with van der Waals surface area (Å²) in [6.07, 6.45) is 1.85. The van der Waals surface area contributed by atoms with Crippen LogP contribution < -0.4 is 0 Å². The van der Waals surface area contributed by atoms with E-state index in [1.54, 1.807) is 0 Å². The number of hydrogen-bond donors (Lipinski definition) is 1. The average molecular weight is 1030 g/mol. The van der Waals surface area contributed by atoms with Crippen LogP contribution >= 0.6 is 0 Å². The van der Waals surface area contributed by atoms with Crippen LogP contribution in [0.5, 0.6) is 5.75 Å². The molecule has 65 heavy (non-hydrogen) atoms. The second-order valence-corrected chi connectivity index (χ2v) is 18.5. The molecule has 328 valence electrons. The molecule has 4 nitrogen and oxygen atoms in total. The topological polar surface area (TPSA) is 50.9 Å². The minimum Gasteiger partial charge on any atom is -0.507 e. The van der Waals surface area contributed by atoms with Gasteiger partial charge in [-0.3, -0.25) is 9.55 Å². The molecule has 1 N–H and O–H groups in total. The van der Waals surface area contributed by atoms with E-state index in [0.29, 0.717) is 11.4 Å². The molecule has 0 fully saturated rings. The van der Waals surface area contributed by atoms with Gasteiger partial charge >= 0.3 is 0 Å². The molecule has 5 heteroatoms. The van der Waals surface area contributed by atoms with Gasteiger partial charge in [-0.15, -0.1) is 23.8 Å². The van der Waals surface area contributed by atoms with E-state index >= 15 is 0 Å². The molecule has 2 aromatic heterocycles. The van der Waals surface area contributed by atoms with Gasteiger partial charge in [-0.1, -0.05) is 174 Å². The smallest absolute Gasteiger partial charge is 0.148 e. The van der Waals surface area contributed by atoms with E-state index in [-0.39, 0.29) is 32.2 Å². The second-order valence-electron chi connectivity index (χ2n) is 18.5. The number of aryl methyl sites for hydroxylation is 2. The molecule has 0 saturated carbocycles. The van der Waals surface area contributed by atoms with Crippen molar-refractivity contribution in [3.63, 3.8) is 0 Å². The van der Waals surface area contributed by atoms with E-state index < -0.39 is 11.8 Å². The predicted molar refractivity (Wildman–Crippen MR) is 268 cm³/mol. The van der Waals surface area contributed by atoms with Gasteiger partial charge in [0.15, 0.2) is 0 Å². The number of benzene rings is 7. The third-order valence-electron chi connectivity index (χ3n) is 12.3. The van der Waals surface area contributed by atoms with E-state index in [1.807, 2.05) is 84.1 Å². The summed E-state index contributed by atoms with van der Waals surface area (Å²) in [5, 5.41) is 11.8. The standard InChI is InChI=1S/C60H56N3O.Pt/c1-37(2)41-22-24-43(25-23-41)44-28-29-61-55(35-44)47-33-45(42-16-11-10-12-17-42)32-46(34-47)49-19-15-21-56-57(49)62-59(53-31-39(5)30-40(6)58(53)64)63(56)48-26-27-50(52(36-48)38(3)4)51-18-13-14-20-54(51)60(7,8)9;/h10-33,35-38,64H,1-9H3;/q-1;/i37D,38D;. The van der Waals surface area contributed by atoms with Crippen LogP contribution in [0.15, 0.2) is 158 Å². The van der Waals surface area contributed by atoms with Gasteiger partial charge in [-0.2, -0.15) is 0 Å². The van der Waals surface area contributed by atoms with Gasteiger partial charge in [0.05, 0.1) is 16.6 Å². The first kappa shape index (κ1) is 42.6. The van der Waals surface area contributed by atoms with Gasteiger partial charge < -0.3 is 5.11 Å². The number of phenols is 1. The Balaban J connectivity index is 0.00000608. The van der Waals surface area contributed by atoms with E-state index in [9.17, 15) is 6.48 Å². The molecule has 0 aliphatic carbocycles. The summed E-state index contributed by atoms with van der Waals surface area (Å²) >= 11 is 0. The molecule has 0 amide bonds. The fraction of sp³-hybridized carbons (Fsp3) is 0.200. The van der Waals surface area contributed by atoms with Crippen molar-refractivity contribution in [3.8, 4) is 78.6 Å². The number of rotatable bonds is 9. The van der Waals surface area contributed by atoms with Crippen molar-refractivity contribution in [3.05, 3.63) is 192 Å². The first-order chi connectivity index (χ1) is 31.3. The molecule has 0 atom stereocenters. The van der Waals surface area contributed by atoms with E-state index in [2.05, 4.69) is 147 Å². The van der Waals surface area contributed by atoms with E-state index in [4.69, 9.17) is 11.3 Å². The van der Waals surface area contributed by atoms with Crippen molar-refractivity contribution in [2.45, 2.75) is 79.5 Å². The maximum absolute atomic E-state index is 11.8. The Morgan fingerprint density at radius 2 is 1.31 bits per heavy atom. The van der Waals surface area contributed by atoms with Crippen LogP contribution in [0.4, 0.5) is 0 Å². The number of aromatic nitrogens is 3. The normalized spacial score (nSPS) is 12.4. The SMILES string of the molecule is [2H]C(C)(C)c1ccc(-c2ccnc(-c3[c-]c(-c4cccc5c4nc(-c4cc(C)cc(C)c4O)n5-c4ccc(-c5ccccc5C(C)(C)C)c(C([2H])(C)C)c4)cc(-c4ccccc4)c3)c2)cc1.[Pt]. The Morgan fingerprint density at radius 3 is 2.03 bits per heavy atom. The van der Waals surface area contributed by atoms with Crippen LogP contribution in [-0.2, 0) is 26.5 Å². The molecule has 0 unspecified atom stereocenters. The minimum absolute atomic E-state index is 0. The van der Waals surface area contributed by atoms with Crippen molar-refractivity contribution >= 4 is 11.0 Å². The maximum atomic E-state index is 11.8. The van der Waals surface area contributed by atoms with Gasteiger partial charge in [-0.25, -0.2) is 4.98 Å². The van der Waals surface area contributed by atoms with Gasteiger partial charge in [0.1, 0.15) is 11.6 Å². The Bertz CT molecular complexity index is 3280. The van der Waals surface area contributed by atoms with Crippen LogP contribution in [0.3, 0.4) is 0 Å². The fourth-order valence-electron chi connectivity index (χ4n) is 8.98. The Morgan fingerprint density at radius 1 is 0.615 bits per heavy atom. The number of pyridine rings is 1. The minimum atomic E-state index is -0.947. The van der Waals surface area contributed by atoms with Crippen LogP contribution in [0.25, 0.3) is 83.9 Å². The zero-order valence-electron chi connectivity index (χ0n) is 40.6. The van der Waals surface area contributed by atoms with Crippen molar-refractivity contribution < 1.29 is 28.9 Å². The predicted octanol–water partition coefficient (Wildman–Crippen LogP) is 16.1. The molecule has 7 aromatic carbocycles. The van der Waals surface area contributed by atoms with Crippen LogP contribution in [0.1, 0.15) is 90.8 Å². The molecule has 9 rings (SSSR count). The first-order valence-electron chi connectivity index (χ1n) is 23.1. The van der Waals surface area contributed by atoms with Crippen molar-refractivity contribution in [1.82, 2.24) is 14.5 Å². The number of aromatic hydroxyl groups is 1. The quantitative estimate of drug-likeness (QED) is 0.147. The molecule has 0 radical (unpaired) electrons. The van der Waals surface area contributed by atoms with Crippen molar-refractivity contribution in [1.29, 1.82) is 0 Å². The number of para-hydroxylation sites is 1. The maximum Gasteiger partial charge on any atom is 0.148 e. The molecule has 0 saturated heterocycles. The van der Waals surface area contributed by atoms with Crippen LogP contribution in [-0.4, -0.2) is 19.6 Å². The Labute approximate surface area is 402 Å². The number of nitrogens with zero attached hydrogens (tertiary/aromatic N) is 3. The first-order valence-corrected chi connectivity index (χ1v) is 22.1. The summed E-state index contributed by atoms with van der Waals surface area (Å²) in [5.74, 6) is -0.849. The average Bonchev–Trinajstić information content (AvgIpc) is 3.69. The monoisotopic (exact) mass is 1030 g/mol. The summed E-state index contributed by atoms with van der Waals surface area (Å²) in [5.41, 5.74) is 17.5. The van der Waals surface area contributed by atoms with Crippen LogP contribution in [0.2, 0.25) is 0 Å². The summed E-state index contributed by atoms with van der Waals surface area (Å²) in [7, 11) is 0. The zero-order valence-corrected chi connectivity index (χ0v) is 40.9.